The molecule has 2 fully saturated rings. The van der Waals surface area contributed by atoms with Crippen molar-refractivity contribution >= 4 is 23.7 Å². The molecule has 0 radical (unpaired) electrons. The predicted octanol–water partition coefficient (Wildman–Crippen LogP) is 4.67. The summed E-state index contributed by atoms with van der Waals surface area (Å²) in [7, 11) is 0. The van der Waals surface area contributed by atoms with Gasteiger partial charge in [0.2, 0.25) is 6.41 Å². The highest BCUT2D eigenvalue weighted by molar-refractivity contribution is 6.30. The fourth-order valence-corrected chi connectivity index (χ4v) is 4.29. The van der Waals surface area contributed by atoms with Crippen LogP contribution in [0, 0.1) is 0 Å². The molecule has 0 bridgehead atoms. The minimum Gasteiger partial charge on any atom is -0.313 e. The molecule has 2 unspecified atom stereocenters. The lowest BCUT2D eigenvalue weighted by atomic mass is 10.0. The third-order valence-corrected chi connectivity index (χ3v) is 5.97. The molecule has 0 spiro atoms. The SMILES string of the molecule is O=CN(CCN1CCCC1)c1ccccc1C1CC1c1ccc(Cl)cc1. The first kappa shape index (κ1) is 17.6. The molecule has 136 valence electrons. The minimum absolute atomic E-state index is 0.488. The van der Waals surface area contributed by atoms with Gasteiger partial charge in [-0.3, -0.25) is 4.79 Å². The lowest BCUT2D eigenvalue weighted by molar-refractivity contribution is -0.107. The topological polar surface area (TPSA) is 23.6 Å². The second-order valence-electron chi connectivity index (χ2n) is 7.41. The van der Waals surface area contributed by atoms with Gasteiger partial charge in [0.1, 0.15) is 0 Å². The maximum Gasteiger partial charge on any atom is 0.214 e. The van der Waals surface area contributed by atoms with Gasteiger partial charge in [0.15, 0.2) is 0 Å². The number of benzene rings is 2. The molecule has 2 aromatic rings. The molecule has 4 rings (SSSR count). The van der Waals surface area contributed by atoms with E-state index in [1.807, 2.05) is 23.1 Å². The van der Waals surface area contributed by atoms with Crippen LogP contribution < -0.4 is 4.90 Å². The van der Waals surface area contributed by atoms with E-state index >= 15 is 0 Å². The van der Waals surface area contributed by atoms with Crippen molar-refractivity contribution in [2.75, 3.05) is 31.1 Å². The molecule has 3 nitrogen and oxygen atoms in total. The number of likely N-dealkylation sites (tertiary alicyclic amines) is 1. The average molecular weight is 369 g/mol. The van der Waals surface area contributed by atoms with Gasteiger partial charge in [-0.25, -0.2) is 0 Å². The van der Waals surface area contributed by atoms with Crippen molar-refractivity contribution < 1.29 is 4.79 Å². The van der Waals surface area contributed by atoms with Crippen LogP contribution in [0.1, 0.15) is 42.2 Å². The quantitative estimate of drug-likeness (QED) is 0.663. The van der Waals surface area contributed by atoms with E-state index in [9.17, 15) is 4.79 Å². The van der Waals surface area contributed by atoms with Crippen LogP contribution in [0.5, 0.6) is 0 Å². The van der Waals surface area contributed by atoms with Crippen LogP contribution in [0.15, 0.2) is 48.5 Å². The molecule has 2 atom stereocenters. The van der Waals surface area contributed by atoms with Crippen LogP contribution in [0.4, 0.5) is 5.69 Å². The van der Waals surface area contributed by atoms with E-state index in [0.29, 0.717) is 11.8 Å². The summed E-state index contributed by atoms with van der Waals surface area (Å²) in [5.41, 5.74) is 3.70. The van der Waals surface area contributed by atoms with Gasteiger partial charge in [0.05, 0.1) is 0 Å². The van der Waals surface area contributed by atoms with Gasteiger partial charge >= 0.3 is 0 Å². The number of hydrogen-bond donors (Lipinski definition) is 0. The van der Waals surface area contributed by atoms with Crippen molar-refractivity contribution in [3.05, 3.63) is 64.7 Å². The van der Waals surface area contributed by atoms with E-state index in [2.05, 4.69) is 35.2 Å². The third-order valence-electron chi connectivity index (χ3n) is 5.72. The lowest BCUT2D eigenvalue weighted by Gasteiger charge is -2.24. The monoisotopic (exact) mass is 368 g/mol. The van der Waals surface area contributed by atoms with Crippen LogP contribution in [0.2, 0.25) is 5.02 Å². The summed E-state index contributed by atoms with van der Waals surface area (Å²) in [5.74, 6) is 1.02. The Bertz CT molecular complexity index is 755. The minimum atomic E-state index is 0.488. The first-order valence-electron chi connectivity index (χ1n) is 9.55. The Morgan fingerprint density at radius 1 is 1.04 bits per heavy atom. The van der Waals surface area contributed by atoms with E-state index in [4.69, 9.17) is 11.6 Å². The summed E-state index contributed by atoms with van der Waals surface area (Å²) in [6.07, 6.45) is 4.69. The molecule has 1 saturated carbocycles. The number of carbonyl (C=O) groups excluding carboxylic acids is 1. The number of amides is 1. The Hall–Kier alpha value is -1.84. The fourth-order valence-electron chi connectivity index (χ4n) is 4.17. The van der Waals surface area contributed by atoms with E-state index in [1.165, 1.54) is 24.0 Å². The van der Waals surface area contributed by atoms with E-state index in [-0.39, 0.29) is 0 Å². The molecule has 26 heavy (non-hydrogen) atoms. The van der Waals surface area contributed by atoms with Gasteiger partial charge in [0, 0.05) is 23.8 Å². The molecule has 1 amide bonds. The molecule has 4 heteroatoms. The number of halogens is 1. The smallest absolute Gasteiger partial charge is 0.214 e. The number of hydrogen-bond acceptors (Lipinski definition) is 2. The Morgan fingerprint density at radius 3 is 2.50 bits per heavy atom. The van der Waals surface area contributed by atoms with Gasteiger partial charge in [-0.05, 0) is 73.5 Å². The van der Waals surface area contributed by atoms with Crippen molar-refractivity contribution in [1.29, 1.82) is 0 Å². The number of carbonyl (C=O) groups is 1. The maximum atomic E-state index is 11.8. The second-order valence-corrected chi connectivity index (χ2v) is 7.84. The third kappa shape index (κ3) is 3.79. The highest BCUT2D eigenvalue weighted by Crippen LogP contribution is 2.56. The standard InChI is InChI=1S/C22H25ClN2O/c23-18-9-7-17(8-10-18)20-15-21(20)19-5-1-2-6-22(19)25(16-26)14-13-24-11-3-4-12-24/h1-2,5-10,16,20-21H,3-4,11-15H2. The Balaban J connectivity index is 1.49. The molecule has 0 aromatic heterocycles. The highest BCUT2D eigenvalue weighted by atomic mass is 35.5. The number of nitrogens with zero attached hydrogens (tertiary/aromatic N) is 2. The number of rotatable bonds is 7. The van der Waals surface area contributed by atoms with Crippen LogP contribution in [0.3, 0.4) is 0 Å². The molecule has 1 saturated heterocycles. The molecule has 2 aromatic carbocycles. The van der Waals surface area contributed by atoms with Crippen LogP contribution in [0.25, 0.3) is 0 Å². The number of anilines is 1. The molecule has 2 aliphatic rings. The molecular weight excluding hydrogens is 344 g/mol. The second kappa shape index (κ2) is 7.81. The maximum absolute atomic E-state index is 11.8. The molecule has 1 aliphatic heterocycles. The Morgan fingerprint density at radius 2 is 1.77 bits per heavy atom. The summed E-state index contributed by atoms with van der Waals surface area (Å²) in [6.45, 7) is 4.04. The van der Waals surface area contributed by atoms with Crippen LogP contribution in [-0.4, -0.2) is 37.5 Å². The van der Waals surface area contributed by atoms with Gasteiger partial charge in [-0.2, -0.15) is 0 Å². The van der Waals surface area contributed by atoms with Gasteiger partial charge < -0.3 is 9.80 Å². The molecule has 1 heterocycles. The molecular formula is C22H25ClN2O. The number of para-hydroxylation sites is 1. The zero-order valence-corrected chi connectivity index (χ0v) is 15.7. The predicted molar refractivity (Wildman–Crippen MR) is 107 cm³/mol. The van der Waals surface area contributed by atoms with Crippen molar-refractivity contribution in [3.63, 3.8) is 0 Å². The first-order chi connectivity index (χ1) is 12.8. The Labute approximate surface area is 160 Å². The van der Waals surface area contributed by atoms with Crippen molar-refractivity contribution in [2.45, 2.75) is 31.1 Å². The average Bonchev–Trinajstić information content (AvgIpc) is 3.29. The van der Waals surface area contributed by atoms with Gasteiger partial charge in [-0.15, -0.1) is 0 Å². The first-order valence-corrected chi connectivity index (χ1v) is 9.93. The van der Waals surface area contributed by atoms with Crippen molar-refractivity contribution in [1.82, 2.24) is 4.90 Å². The normalized spacial score (nSPS) is 22.3. The summed E-state index contributed by atoms with van der Waals surface area (Å²) in [6, 6.07) is 16.6. The fraction of sp³-hybridized carbons (Fsp3) is 0.409. The van der Waals surface area contributed by atoms with Crippen LogP contribution in [-0.2, 0) is 4.79 Å². The largest absolute Gasteiger partial charge is 0.313 e. The molecule has 1 aliphatic carbocycles. The summed E-state index contributed by atoms with van der Waals surface area (Å²) in [4.78, 5) is 16.1. The van der Waals surface area contributed by atoms with Gasteiger partial charge in [-0.1, -0.05) is 41.9 Å². The Kier molecular flexibility index (Phi) is 5.28. The summed E-state index contributed by atoms with van der Waals surface area (Å²) >= 11 is 6.01. The van der Waals surface area contributed by atoms with Crippen molar-refractivity contribution in [3.8, 4) is 0 Å². The highest BCUT2D eigenvalue weighted by Gasteiger charge is 2.41. The zero-order chi connectivity index (χ0) is 17.9. The van der Waals surface area contributed by atoms with E-state index in [1.54, 1.807) is 0 Å². The van der Waals surface area contributed by atoms with E-state index < -0.39 is 0 Å². The van der Waals surface area contributed by atoms with Gasteiger partial charge in [0.25, 0.3) is 0 Å². The summed E-state index contributed by atoms with van der Waals surface area (Å²) in [5, 5.41) is 0.778. The molecule has 0 N–H and O–H groups in total. The van der Waals surface area contributed by atoms with E-state index in [0.717, 1.165) is 49.7 Å². The zero-order valence-electron chi connectivity index (χ0n) is 15.0. The van der Waals surface area contributed by atoms with Crippen LogP contribution >= 0.6 is 11.6 Å². The lowest BCUT2D eigenvalue weighted by Crippen LogP contribution is -2.33. The van der Waals surface area contributed by atoms with Crippen molar-refractivity contribution in [2.24, 2.45) is 0 Å². The summed E-state index contributed by atoms with van der Waals surface area (Å²) < 4.78 is 0.